The molecule has 3 aromatic rings. The molecule has 0 radical (unpaired) electrons. The fourth-order valence-electron chi connectivity index (χ4n) is 3.48. The van der Waals surface area contributed by atoms with Crippen molar-refractivity contribution in [2.45, 2.75) is 12.8 Å². The average Bonchev–Trinajstić information content (AvgIpc) is 3.35. The molecule has 0 saturated carbocycles. The van der Waals surface area contributed by atoms with E-state index in [4.69, 9.17) is 20.9 Å². The summed E-state index contributed by atoms with van der Waals surface area (Å²) in [5.41, 5.74) is 1.29. The second-order valence-corrected chi connectivity index (χ2v) is 7.27. The molecule has 28 heavy (non-hydrogen) atoms. The van der Waals surface area contributed by atoms with E-state index >= 15 is 0 Å². The number of halogens is 1. The lowest BCUT2D eigenvalue weighted by Gasteiger charge is -2.18. The molecule has 0 N–H and O–H groups in total. The van der Waals surface area contributed by atoms with E-state index in [1.165, 1.54) is 7.11 Å². The Morgan fingerprint density at radius 1 is 1.25 bits per heavy atom. The highest BCUT2D eigenvalue weighted by Crippen LogP contribution is 2.34. The molecule has 1 aliphatic rings. The van der Waals surface area contributed by atoms with Gasteiger partial charge in [-0.1, -0.05) is 23.7 Å². The molecule has 0 aliphatic carbocycles. The van der Waals surface area contributed by atoms with Gasteiger partial charge in [-0.25, -0.2) is 0 Å². The Morgan fingerprint density at radius 2 is 2.04 bits per heavy atom. The number of aromatic nitrogens is 3. The molecule has 0 unspecified atom stereocenters. The van der Waals surface area contributed by atoms with Crippen molar-refractivity contribution >= 4 is 17.5 Å². The zero-order valence-corrected chi connectivity index (χ0v) is 16.3. The molecule has 3 heterocycles. The summed E-state index contributed by atoms with van der Waals surface area (Å²) < 4.78 is 10.8. The van der Waals surface area contributed by atoms with E-state index in [1.807, 2.05) is 12.1 Å². The van der Waals surface area contributed by atoms with Gasteiger partial charge in [0.1, 0.15) is 5.75 Å². The predicted octanol–water partition coefficient (Wildman–Crippen LogP) is 3.67. The lowest BCUT2D eigenvalue weighted by molar-refractivity contribution is 0.0782. The third-order valence-electron chi connectivity index (χ3n) is 4.99. The molecule has 2 atom stereocenters. The smallest absolute Gasteiger partial charge is 0.257 e. The van der Waals surface area contributed by atoms with Crippen LogP contribution in [0.5, 0.6) is 5.75 Å². The van der Waals surface area contributed by atoms with Crippen molar-refractivity contribution in [3.05, 3.63) is 59.2 Å². The first-order valence-corrected chi connectivity index (χ1v) is 9.31. The summed E-state index contributed by atoms with van der Waals surface area (Å²) in [6.45, 7) is 3.16. The van der Waals surface area contributed by atoms with Gasteiger partial charge in [0, 0.05) is 36.1 Å². The number of hydrogen-bond donors (Lipinski definition) is 0. The molecule has 1 aliphatic heterocycles. The molecule has 1 amide bonds. The molecule has 4 rings (SSSR count). The number of pyridine rings is 1. The topological polar surface area (TPSA) is 81.4 Å². The number of carbonyl (C=O) groups excluding carboxylic acids is 1. The number of nitrogens with zero attached hydrogens (tertiary/aromatic N) is 4. The Bertz CT molecular complexity index is 992. The van der Waals surface area contributed by atoms with Crippen molar-refractivity contribution < 1.29 is 14.1 Å². The minimum Gasteiger partial charge on any atom is -0.496 e. The number of hydrogen-bond acceptors (Lipinski definition) is 6. The largest absolute Gasteiger partial charge is 0.496 e. The molecule has 7 nitrogen and oxygen atoms in total. The number of carbonyl (C=O) groups is 1. The van der Waals surface area contributed by atoms with Crippen LogP contribution in [0.3, 0.4) is 0 Å². The third-order valence-corrected chi connectivity index (χ3v) is 5.22. The molecule has 1 fully saturated rings. The lowest BCUT2D eigenvalue weighted by atomic mass is 9.98. The van der Waals surface area contributed by atoms with E-state index in [0.717, 1.165) is 5.56 Å². The SMILES string of the molecule is COc1ccc(Cl)cc1C(=O)N1C[C@H](c2nc(-c3ccncc3)no2)[C@@H](C)C1. The second kappa shape index (κ2) is 7.59. The van der Waals surface area contributed by atoms with Gasteiger partial charge in [-0.2, -0.15) is 4.98 Å². The van der Waals surface area contributed by atoms with Crippen molar-refractivity contribution in [1.29, 1.82) is 0 Å². The van der Waals surface area contributed by atoms with Crippen molar-refractivity contribution in [3.8, 4) is 17.1 Å². The highest BCUT2D eigenvalue weighted by atomic mass is 35.5. The third kappa shape index (κ3) is 3.45. The maximum absolute atomic E-state index is 13.0. The first-order chi connectivity index (χ1) is 13.6. The number of methoxy groups -OCH3 is 1. The van der Waals surface area contributed by atoms with Crippen molar-refractivity contribution in [3.63, 3.8) is 0 Å². The first-order valence-electron chi connectivity index (χ1n) is 8.93. The van der Waals surface area contributed by atoms with Gasteiger partial charge in [-0.15, -0.1) is 0 Å². The van der Waals surface area contributed by atoms with Gasteiger partial charge in [0.15, 0.2) is 0 Å². The zero-order valence-electron chi connectivity index (χ0n) is 15.5. The van der Waals surface area contributed by atoms with Gasteiger partial charge in [-0.3, -0.25) is 9.78 Å². The van der Waals surface area contributed by atoms with Crippen LogP contribution in [0.1, 0.15) is 29.1 Å². The fourth-order valence-corrected chi connectivity index (χ4v) is 3.65. The highest BCUT2D eigenvalue weighted by Gasteiger charge is 2.38. The van der Waals surface area contributed by atoms with E-state index in [9.17, 15) is 4.79 Å². The summed E-state index contributed by atoms with van der Waals surface area (Å²) in [6.07, 6.45) is 3.37. The van der Waals surface area contributed by atoms with Crippen molar-refractivity contribution in [2.75, 3.05) is 20.2 Å². The normalized spacial score (nSPS) is 19.0. The van der Waals surface area contributed by atoms with Crippen molar-refractivity contribution in [1.82, 2.24) is 20.0 Å². The number of rotatable bonds is 4. The molecule has 2 aromatic heterocycles. The molecule has 0 bridgehead atoms. The van der Waals surface area contributed by atoms with Crippen LogP contribution >= 0.6 is 11.6 Å². The maximum Gasteiger partial charge on any atom is 0.257 e. The number of ether oxygens (including phenoxy) is 1. The van der Waals surface area contributed by atoms with E-state index < -0.39 is 0 Å². The molecule has 0 spiro atoms. The standard InChI is InChI=1S/C20H19ClN4O3/c1-12-10-25(20(26)15-9-14(21)3-4-17(15)27-2)11-16(12)19-23-18(24-28-19)13-5-7-22-8-6-13/h3-9,12,16H,10-11H2,1-2H3/t12-,16-/m0/s1. The van der Waals surface area contributed by atoms with Crippen LogP contribution in [0.2, 0.25) is 5.02 Å². The molecule has 1 saturated heterocycles. The summed E-state index contributed by atoms with van der Waals surface area (Å²) in [5.74, 6) is 1.58. The van der Waals surface area contributed by atoms with E-state index in [0.29, 0.717) is 41.1 Å². The highest BCUT2D eigenvalue weighted by molar-refractivity contribution is 6.31. The van der Waals surface area contributed by atoms with Gasteiger partial charge >= 0.3 is 0 Å². The van der Waals surface area contributed by atoms with E-state index in [-0.39, 0.29) is 17.7 Å². The van der Waals surface area contributed by atoms with Crippen LogP contribution in [0.15, 0.2) is 47.2 Å². The van der Waals surface area contributed by atoms with E-state index in [2.05, 4.69) is 22.0 Å². The minimum absolute atomic E-state index is 0.0304. The Hall–Kier alpha value is -2.93. The maximum atomic E-state index is 13.0. The van der Waals surface area contributed by atoms with Crippen LogP contribution in [-0.2, 0) is 0 Å². The minimum atomic E-state index is -0.123. The summed E-state index contributed by atoms with van der Waals surface area (Å²) in [5, 5.41) is 4.57. The second-order valence-electron chi connectivity index (χ2n) is 6.83. The molecular formula is C20H19ClN4O3. The van der Waals surface area contributed by atoms with Crippen molar-refractivity contribution in [2.24, 2.45) is 5.92 Å². The quantitative estimate of drug-likeness (QED) is 0.667. The Morgan fingerprint density at radius 3 is 2.79 bits per heavy atom. The average molecular weight is 399 g/mol. The summed E-state index contributed by atoms with van der Waals surface area (Å²) in [6, 6.07) is 8.69. The van der Waals surface area contributed by atoms with Gasteiger partial charge < -0.3 is 14.2 Å². The molecule has 144 valence electrons. The van der Waals surface area contributed by atoms with Gasteiger partial charge in [-0.05, 0) is 36.2 Å². The fraction of sp³-hybridized carbons (Fsp3) is 0.300. The van der Waals surface area contributed by atoms with Crippen LogP contribution in [-0.4, -0.2) is 46.1 Å². The number of likely N-dealkylation sites (tertiary alicyclic amines) is 1. The van der Waals surface area contributed by atoms with E-state index in [1.54, 1.807) is 35.5 Å². The summed E-state index contributed by atoms with van der Waals surface area (Å²) in [7, 11) is 1.54. The zero-order chi connectivity index (χ0) is 19.7. The predicted molar refractivity (Wildman–Crippen MR) is 103 cm³/mol. The molecule has 8 heteroatoms. The number of benzene rings is 1. The van der Waals surface area contributed by atoms with Crippen LogP contribution in [0, 0.1) is 5.92 Å². The summed E-state index contributed by atoms with van der Waals surface area (Å²) in [4.78, 5) is 23.4. The lowest BCUT2D eigenvalue weighted by Crippen LogP contribution is -2.29. The number of amides is 1. The van der Waals surface area contributed by atoms with Crippen LogP contribution < -0.4 is 4.74 Å². The monoisotopic (exact) mass is 398 g/mol. The first kappa shape index (κ1) is 18.4. The molecule has 1 aromatic carbocycles. The molecular weight excluding hydrogens is 380 g/mol. The Kier molecular flexibility index (Phi) is 5.00. The summed E-state index contributed by atoms with van der Waals surface area (Å²) >= 11 is 6.07. The Balaban J connectivity index is 1.55. The van der Waals surface area contributed by atoms with Crippen LogP contribution in [0.25, 0.3) is 11.4 Å². The van der Waals surface area contributed by atoms with Gasteiger partial charge in [0.05, 0.1) is 18.6 Å². The van der Waals surface area contributed by atoms with Gasteiger partial charge in [0.25, 0.3) is 5.91 Å². The van der Waals surface area contributed by atoms with Crippen LogP contribution in [0.4, 0.5) is 0 Å². The van der Waals surface area contributed by atoms with Gasteiger partial charge in [0.2, 0.25) is 11.7 Å². The Labute approximate surface area is 167 Å².